The molecule has 5 nitrogen and oxygen atoms in total. The fraction of sp³-hybridized carbons (Fsp3) is 0.455. The summed E-state index contributed by atoms with van der Waals surface area (Å²) in [6, 6.07) is 3.99. The predicted octanol–water partition coefficient (Wildman–Crippen LogP) is 1.18. The molecule has 1 aromatic rings. The average molecular weight is 255 g/mol. The van der Waals surface area contributed by atoms with E-state index < -0.39 is 5.41 Å². The molecule has 0 atom stereocenters. The molecule has 0 radical (unpaired) electrons. The van der Waals surface area contributed by atoms with Crippen molar-refractivity contribution in [3.63, 3.8) is 0 Å². The number of rotatable bonds is 5. The van der Waals surface area contributed by atoms with Crippen molar-refractivity contribution in [2.24, 2.45) is 16.3 Å². The maximum atomic E-state index is 11.8. The monoisotopic (exact) mass is 255 g/mol. The molecule has 1 heterocycles. The fourth-order valence-corrected chi connectivity index (χ4v) is 1.93. The van der Waals surface area contributed by atoms with Gasteiger partial charge in [0.2, 0.25) is 5.91 Å². The van der Waals surface area contributed by atoms with Crippen LogP contribution < -0.4 is 11.1 Å². The summed E-state index contributed by atoms with van der Waals surface area (Å²) in [6.45, 7) is 3.77. The topological polar surface area (TPSA) is 87.7 Å². The van der Waals surface area contributed by atoms with Gasteiger partial charge in [-0.2, -0.15) is 0 Å². The Kier molecular flexibility index (Phi) is 4.51. The van der Waals surface area contributed by atoms with Crippen LogP contribution in [0.3, 0.4) is 0 Å². The molecule has 0 aliphatic carbocycles. The Balaban J connectivity index is 2.44. The highest BCUT2D eigenvalue weighted by atomic mass is 32.1. The molecule has 1 amide bonds. The zero-order chi connectivity index (χ0) is 12.9. The second-order valence-electron chi connectivity index (χ2n) is 4.20. The molecule has 17 heavy (non-hydrogen) atoms. The molecule has 0 aliphatic heterocycles. The largest absolute Gasteiger partial charge is 0.409 e. The first kappa shape index (κ1) is 13.5. The van der Waals surface area contributed by atoms with Gasteiger partial charge in [-0.05, 0) is 31.7 Å². The van der Waals surface area contributed by atoms with Crippen LogP contribution in [0.2, 0.25) is 0 Å². The van der Waals surface area contributed by atoms with E-state index in [2.05, 4.69) is 10.5 Å². The minimum absolute atomic E-state index is 0.0916. The Hall–Kier alpha value is -1.56. The van der Waals surface area contributed by atoms with Gasteiger partial charge in [0.15, 0.2) is 5.84 Å². The SMILES string of the molecule is CC(C)(C(=O)NCCc1cccs1)C(N)=NO. The van der Waals surface area contributed by atoms with Crippen molar-refractivity contribution in [3.05, 3.63) is 22.4 Å². The lowest BCUT2D eigenvalue weighted by atomic mass is 9.91. The number of thiophene rings is 1. The Bertz CT molecular complexity index is 399. The van der Waals surface area contributed by atoms with E-state index in [1.165, 1.54) is 4.88 Å². The predicted molar refractivity (Wildman–Crippen MR) is 68.2 cm³/mol. The lowest BCUT2D eigenvalue weighted by molar-refractivity contribution is -0.126. The van der Waals surface area contributed by atoms with Crippen LogP contribution in [0.1, 0.15) is 18.7 Å². The van der Waals surface area contributed by atoms with Crippen LogP contribution in [-0.4, -0.2) is 23.5 Å². The van der Waals surface area contributed by atoms with Gasteiger partial charge in [0.25, 0.3) is 0 Å². The summed E-state index contributed by atoms with van der Waals surface area (Å²) in [5.74, 6) is -0.338. The van der Waals surface area contributed by atoms with Crippen molar-refractivity contribution in [2.75, 3.05) is 6.54 Å². The zero-order valence-electron chi connectivity index (χ0n) is 9.93. The molecule has 0 saturated carbocycles. The van der Waals surface area contributed by atoms with Crippen molar-refractivity contribution < 1.29 is 10.0 Å². The third-order valence-corrected chi connectivity index (χ3v) is 3.49. The second kappa shape index (κ2) is 5.67. The van der Waals surface area contributed by atoms with Gasteiger partial charge in [-0.3, -0.25) is 4.79 Å². The quantitative estimate of drug-likeness (QED) is 0.319. The third kappa shape index (κ3) is 3.45. The highest BCUT2D eigenvalue weighted by molar-refractivity contribution is 7.09. The molecule has 94 valence electrons. The molecule has 0 saturated heterocycles. The third-order valence-electron chi connectivity index (χ3n) is 2.55. The molecule has 6 heteroatoms. The number of oxime groups is 1. The molecule has 0 fully saturated rings. The van der Waals surface area contributed by atoms with Gasteiger partial charge < -0.3 is 16.3 Å². The summed E-state index contributed by atoms with van der Waals surface area (Å²) < 4.78 is 0. The number of nitrogens with one attached hydrogen (secondary N) is 1. The molecule has 0 aromatic carbocycles. The summed E-state index contributed by atoms with van der Waals surface area (Å²) in [4.78, 5) is 13.0. The standard InChI is InChI=1S/C11H17N3O2S/c1-11(2,9(12)14-16)10(15)13-6-5-8-4-3-7-17-8/h3-4,7,16H,5-6H2,1-2H3,(H2,12,14)(H,13,15). The van der Waals surface area contributed by atoms with Crippen molar-refractivity contribution in [1.82, 2.24) is 5.32 Å². The lowest BCUT2D eigenvalue weighted by Crippen LogP contribution is -2.46. The number of amides is 1. The van der Waals surface area contributed by atoms with Crippen LogP contribution in [-0.2, 0) is 11.2 Å². The van der Waals surface area contributed by atoms with Crippen LogP contribution in [0.4, 0.5) is 0 Å². The van der Waals surface area contributed by atoms with Gasteiger partial charge in [0.1, 0.15) is 5.41 Å². The molecule has 0 spiro atoms. The van der Waals surface area contributed by atoms with E-state index in [4.69, 9.17) is 10.9 Å². The van der Waals surface area contributed by atoms with Gasteiger partial charge in [0.05, 0.1) is 0 Å². The minimum atomic E-state index is -0.996. The van der Waals surface area contributed by atoms with Crippen molar-refractivity contribution >= 4 is 23.1 Å². The smallest absolute Gasteiger partial charge is 0.233 e. The van der Waals surface area contributed by atoms with Crippen LogP contribution in [0, 0.1) is 5.41 Å². The Morgan fingerprint density at radius 1 is 1.65 bits per heavy atom. The van der Waals surface area contributed by atoms with E-state index in [1.54, 1.807) is 25.2 Å². The lowest BCUT2D eigenvalue weighted by Gasteiger charge is -2.21. The van der Waals surface area contributed by atoms with Gasteiger partial charge in [-0.15, -0.1) is 11.3 Å². The van der Waals surface area contributed by atoms with Gasteiger partial charge in [-0.1, -0.05) is 11.2 Å². The Morgan fingerprint density at radius 2 is 2.35 bits per heavy atom. The molecule has 0 aliphatic rings. The maximum absolute atomic E-state index is 11.8. The molecule has 4 N–H and O–H groups in total. The Labute approximate surface area is 104 Å². The van der Waals surface area contributed by atoms with E-state index in [9.17, 15) is 4.79 Å². The van der Waals surface area contributed by atoms with Crippen molar-refractivity contribution in [3.8, 4) is 0 Å². The van der Waals surface area contributed by atoms with E-state index in [0.29, 0.717) is 6.54 Å². The highest BCUT2D eigenvalue weighted by Crippen LogP contribution is 2.15. The number of carbonyl (C=O) groups excluding carboxylic acids is 1. The average Bonchev–Trinajstić information content (AvgIpc) is 2.80. The summed E-state index contributed by atoms with van der Waals surface area (Å²) in [5, 5.41) is 16.2. The first-order chi connectivity index (χ1) is 7.98. The number of amidine groups is 1. The number of hydrogen-bond acceptors (Lipinski definition) is 4. The molecule has 0 bridgehead atoms. The van der Waals surface area contributed by atoms with Crippen molar-refractivity contribution in [2.45, 2.75) is 20.3 Å². The van der Waals surface area contributed by atoms with Gasteiger partial charge in [-0.25, -0.2) is 0 Å². The number of hydrogen-bond donors (Lipinski definition) is 3. The molecular formula is C11H17N3O2S. The first-order valence-electron chi connectivity index (χ1n) is 5.27. The first-order valence-corrected chi connectivity index (χ1v) is 6.15. The van der Waals surface area contributed by atoms with Gasteiger partial charge >= 0.3 is 0 Å². The molecule has 1 aromatic heterocycles. The minimum Gasteiger partial charge on any atom is -0.409 e. The van der Waals surface area contributed by atoms with Crippen LogP contribution in [0.25, 0.3) is 0 Å². The molecule has 1 rings (SSSR count). The molecular weight excluding hydrogens is 238 g/mol. The van der Waals surface area contributed by atoms with Crippen molar-refractivity contribution in [1.29, 1.82) is 0 Å². The number of nitrogens with zero attached hydrogens (tertiary/aromatic N) is 1. The number of nitrogens with two attached hydrogens (primary N) is 1. The normalized spacial score (nSPS) is 12.5. The van der Waals surface area contributed by atoms with E-state index >= 15 is 0 Å². The van der Waals surface area contributed by atoms with E-state index in [0.717, 1.165) is 6.42 Å². The van der Waals surface area contributed by atoms with E-state index in [1.807, 2.05) is 17.5 Å². The second-order valence-corrected chi connectivity index (χ2v) is 5.23. The van der Waals surface area contributed by atoms with Crippen LogP contribution in [0.15, 0.2) is 22.7 Å². The highest BCUT2D eigenvalue weighted by Gasteiger charge is 2.32. The summed E-state index contributed by atoms with van der Waals surface area (Å²) in [7, 11) is 0. The summed E-state index contributed by atoms with van der Waals surface area (Å²) in [5.41, 5.74) is 4.46. The number of carbonyl (C=O) groups is 1. The maximum Gasteiger partial charge on any atom is 0.233 e. The van der Waals surface area contributed by atoms with Crippen LogP contribution >= 0.6 is 11.3 Å². The van der Waals surface area contributed by atoms with Crippen LogP contribution in [0.5, 0.6) is 0 Å². The summed E-state index contributed by atoms with van der Waals surface area (Å²) >= 11 is 1.65. The zero-order valence-corrected chi connectivity index (χ0v) is 10.8. The molecule has 0 unspecified atom stereocenters. The van der Waals surface area contributed by atoms with Gasteiger partial charge in [0, 0.05) is 11.4 Å². The fourth-order valence-electron chi connectivity index (χ4n) is 1.22. The Morgan fingerprint density at radius 3 is 2.88 bits per heavy atom. The van der Waals surface area contributed by atoms with E-state index in [-0.39, 0.29) is 11.7 Å². The summed E-state index contributed by atoms with van der Waals surface area (Å²) in [6.07, 6.45) is 0.787.